The second kappa shape index (κ2) is 5.04. The van der Waals surface area contributed by atoms with Crippen molar-refractivity contribution in [1.82, 2.24) is 0 Å². The molecule has 3 aromatic carbocycles. The van der Waals surface area contributed by atoms with Crippen LogP contribution in [-0.4, -0.2) is 5.11 Å². The van der Waals surface area contributed by atoms with E-state index in [9.17, 15) is 5.11 Å². The Morgan fingerprint density at radius 2 is 1.37 bits per heavy atom. The van der Waals surface area contributed by atoms with E-state index in [1.807, 2.05) is 60.7 Å². The molecular weight excluding hydrogens is 256 g/mol. The summed E-state index contributed by atoms with van der Waals surface area (Å²) in [5.41, 5.74) is 1.62. The fraction of sp³-hybridized carbons (Fsp3) is 0.0588. The van der Waals surface area contributed by atoms with Gasteiger partial charge in [0.25, 0.3) is 0 Å². The maximum Gasteiger partial charge on any atom is 0.106 e. The molecule has 0 fully saturated rings. The SMILES string of the molecule is OC(c1ccccc1Cl)c1cccc2ccccc12. The van der Waals surface area contributed by atoms with Gasteiger partial charge in [0.15, 0.2) is 0 Å². The van der Waals surface area contributed by atoms with E-state index in [4.69, 9.17) is 11.6 Å². The summed E-state index contributed by atoms with van der Waals surface area (Å²) in [6.45, 7) is 0. The second-order valence-electron chi connectivity index (χ2n) is 4.49. The van der Waals surface area contributed by atoms with Gasteiger partial charge >= 0.3 is 0 Å². The van der Waals surface area contributed by atoms with Gasteiger partial charge in [0.1, 0.15) is 6.10 Å². The molecule has 0 aliphatic carbocycles. The standard InChI is InChI=1S/C17H13ClO/c18-16-11-4-3-9-15(16)17(19)14-10-5-7-12-6-1-2-8-13(12)14/h1-11,17,19H. The summed E-state index contributed by atoms with van der Waals surface area (Å²) in [5, 5.41) is 13.3. The normalized spacial score (nSPS) is 12.5. The van der Waals surface area contributed by atoms with Crippen molar-refractivity contribution in [3.8, 4) is 0 Å². The molecule has 3 aromatic rings. The Hall–Kier alpha value is -1.83. The Morgan fingerprint density at radius 3 is 2.21 bits per heavy atom. The molecule has 0 radical (unpaired) electrons. The van der Waals surface area contributed by atoms with E-state index in [-0.39, 0.29) is 0 Å². The van der Waals surface area contributed by atoms with E-state index in [0.717, 1.165) is 21.9 Å². The lowest BCUT2D eigenvalue weighted by Crippen LogP contribution is -2.01. The number of rotatable bonds is 2. The Morgan fingerprint density at radius 1 is 0.737 bits per heavy atom. The molecule has 0 aromatic heterocycles. The van der Waals surface area contributed by atoms with Gasteiger partial charge in [-0.3, -0.25) is 0 Å². The maximum atomic E-state index is 10.6. The quantitative estimate of drug-likeness (QED) is 0.722. The molecule has 0 aliphatic rings. The third-order valence-electron chi connectivity index (χ3n) is 3.32. The Kier molecular flexibility index (Phi) is 3.24. The monoisotopic (exact) mass is 268 g/mol. The van der Waals surface area contributed by atoms with E-state index in [1.54, 1.807) is 6.07 Å². The molecular formula is C17H13ClO. The highest BCUT2D eigenvalue weighted by Crippen LogP contribution is 2.32. The van der Waals surface area contributed by atoms with E-state index in [2.05, 4.69) is 0 Å². The molecule has 0 bridgehead atoms. The number of fused-ring (bicyclic) bond motifs is 1. The predicted molar refractivity (Wildman–Crippen MR) is 79.5 cm³/mol. The first kappa shape index (κ1) is 12.2. The van der Waals surface area contributed by atoms with E-state index in [1.165, 1.54) is 0 Å². The first-order valence-electron chi connectivity index (χ1n) is 6.17. The fourth-order valence-electron chi connectivity index (χ4n) is 2.35. The number of hydrogen-bond donors (Lipinski definition) is 1. The van der Waals surface area contributed by atoms with Gasteiger partial charge in [-0.15, -0.1) is 0 Å². The van der Waals surface area contributed by atoms with Crippen LogP contribution in [0.4, 0.5) is 0 Å². The summed E-state index contributed by atoms with van der Waals surface area (Å²) >= 11 is 6.16. The van der Waals surface area contributed by atoms with Gasteiger partial charge in [0.2, 0.25) is 0 Å². The highest BCUT2D eigenvalue weighted by molar-refractivity contribution is 6.31. The molecule has 1 N–H and O–H groups in total. The van der Waals surface area contributed by atoms with Crippen LogP contribution in [0.5, 0.6) is 0 Å². The smallest absolute Gasteiger partial charge is 0.106 e. The minimum atomic E-state index is -0.709. The number of aliphatic hydroxyl groups is 1. The Bertz CT molecular complexity index is 716. The van der Waals surface area contributed by atoms with Crippen LogP contribution < -0.4 is 0 Å². The molecule has 1 nitrogen and oxygen atoms in total. The van der Waals surface area contributed by atoms with Crippen LogP contribution in [0.3, 0.4) is 0 Å². The van der Waals surface area contributed by atoms with Gasteiger partial charge in [-0.05, 0) is 22.4 Å². The van der Waals surface area contributed by atoms with Crippen molar-refractivity contribution in [2.24, 2.45) is 0 Å². The lowest BCUT2D eigenvalue weighted by Gasteiger charge is -2.15. The third kappa shape index (κ3) is 2.23. The van der Waals surface area contributed by atoms with Crippen molar-refractivity contribution in [3.05, 3.63) is 82.9 Å². The van der Waals surface area contributed by atoms with Gasteiger partial charge in [0, 0.05) is 10.6 Å². The van der Waals surface area contributed by atoms with Crippen LogP contribution >= 0.6 is 11.6 Å². The molecule has 1 atom stereocenters. The van der Waals surface area contributed by atoms with Crippen LogP contribution in [0.2, 0.25) is 5.02 Å². The summed E-state index contributed by atoms with van der Waals surface area (Å²) in [5.74, 6) is 0. The Balaban J connectivity index is 2.17. The van der Waals surface area contributed by atoms with Crippen molar-refractivity contribution in [3.63, 3.8) is 0 Å². The van der Waals surface area contributed by atoms with Crippen molar-refractivity contribution < 1.29 is 5.11 Å². The van der Waals surface area contributed by atoms with Crippen LogP contribution in [0.15, 0.2) is 66.7 Å². The average Bonchev–Trinajstić information content (AvgIpc) is 2.46. The molecule has 94 valence electrons. The Labute approximate surface area is 117 Å². The van der Waals surface area contributed by atoms with Crippen molar-refractivity contribution in [2.45, 2.75) is 6.10 Å². The molecule has 0 spiro atoms. The highest BCUT2D eigenvalue weighted by Gasteiger charge is 2.15. The summed E-state index contributed by atoms with van der Waals surface area (Å²) in [7, 11) is 0. The number of halogens is 1. The summed E-state index contributed by atoms with van der Waals surface area (Å²) in [6, 6.07) is 21.4. The van der Waals surface area contributed by atoms with Crippen LogP contribution in [0, 0.1) is 0 Å². The lowest BCUT2D eigenvalue weighted by atomic mass is 9.96. The van der Waals surface area contributed by atoms with Gasteiger partial charge in [0.05, 0.1) is 0 Å². The molecule has 0 aliphatic heterocycles. The zero-order valence-corrected chi connectivity index (χ0v) is 11.0. The number of hydrogen-bond acceptors (Lipinski definition) is 1. The zero-order valence-electron chi connectivity index (χ0n) is 10.3. The maximum absolute atomic E-state index is 10.6. The number of benzene rings is 3. The average molecular weight is 269 g/mol. The fourth-order valence-corrected chi connectivity index (χ4v) is 2.59. The van der Waals surface area contributed by atoms with E-state index < -0.39 is 6.10 Å². The molecule has 0 amide bonds. The van der Waals surface area contributed by atoms with Crippen molar-refractivity contribution in [1.29, 1.82) is 0 Å². The van der Waals surface area contributed by atoms with E-state index >= 15 is 0 Å². The predicted octanol–water partition coefficient (Wildman–Crippen LogP) is 4.57. The summed E-state index contributed by atoms with van der Waals surface area (Å²) < 4.78 is 0. The van der Waals surface area contributed by atoms with Crippen LogP contribution in [0.1, 0.15) is 17.2 Å². The number of aliphatic hydroxyl groups excluding tert-OH is 1. The first-order chi connectivity index (χ1) is 9.27. The molecule has 1 unspecified atom stereocenters. The van der Waals surface area contributed by atoms with Gasteiger partial charge in [-0.2, -0.15) is 0 Å². The van der Waals surface area contributed by atoms with Crippen LogP contribution in [-0.2, 0) is 0 Å². The summed E-state index contributed by atoms with van der Waals surface area (Å²) in [6.07, 6.45) is -0.709. The molecule has 2 heteroatoms. The topological polar surface area (TPSA) is 20.2 Å². The summed E-state index contributed by atoms with van der Waals surface area (Å²) in [4.78, 5) is 0. The molecule has 0 heterocycles. The second-order valence-corrected chi connectivity index (χ2v) is 4.90. The highest BCUT2D eigenvalue weighted by atomic mass is 35.5. The van der Waals surface area contributed by atoms with E-state index in [0.29, 0.717) is 5.02 Å². The zero-order chi connectivity index (χ0) is 13.2. The first-order valence-corrected chi connectivity index (χ1v) is 6.55. The molecule has 19 heavy (non-hydrogen) atoms. The van der Waals surface area contributed by atoms with Crippen molar-refractivity contribution in [2.75, 3.05) is 0 Å². The van der Waals surface area contributed by atoms with Gasteiger partial charge < -0.3 is 5.11 Å². The minimum Gasteiger partial charge on any atom is -0.384 e. The minimum absolute atomic E-state index is 0.586. The van der Waals surface area contributed by atoms with Gasteiger partial charge in [-0.1, -0.05) is 72.3 Å². The molecule has 3 rings (SSSR count). The lowest BCUT2D eigenvalue weighted by molar-refractivity contribution is 0.222. The van der Waals surface area contributed by atoms with Crippen LogP contribution in [0.25, 0.3) is 10.8 Å². The van der Waals surface area contributed by atoms with Gasteiger partial charge in [-0.25, -0.2) is 0 Å². The largest absolute Gasteiger partial charge is 0.384 e. The van der Waals surface area contributed by atoms with Crippen molar-refractivity contribution >= 4 is 22.4 Å². The third-order valence-corrected chi connectivity index (χ3v) is 3.66. The molecule has 0 saturated carbocycles. The molecule has 0 saturated heterocycles.